The number of benzene rings is 3. The first-order valence-electron chi connectivity index (χ1n) is 11.4. The maximum Gasteiger partial charge on any atom is 0.294 e. The lowest BCUT2D eigenvalue weighted by atomic mass is 10.2. The summed E-state index contributed by atoms with van der Waals surface area (Å²) in [4.78, 5) is 38.9. The molecule has 0 unspecified atom stereocenters. The summed E-state index contributed by atoms with van der Waals surface area (Å²) >= 11 is 16.8. The first kappa shape index (κ1) is 28.0. The molecule has 4 rings (SSSR count). The van der Waals surface area contributed by atoms with Crippen molar-refractivity contribution < 1.29 is 23.9 Å². The predicted octanol–water partition coefficient (Wildman–Crippen LogP) is 7.41. The number of nitrogens with zero attached hydrogens (tertiary/aromatic N) is 1. The van der Waals surface area contributed by atoms with Gasteiger partial charge in [0.2, 0.25) is 5.91 Å². The van der Waals surface area contributed by atoms with Crippen LogP contribution in [-0.2, 0) is 16.2 Å². The SMILES string of the molecule is CCOc1ccc(NC(=O)CN2C(=O)S/C(=C/c3cc(Cl)c(OCc4ccccc4Cl)c(Br)c3)C2=O)cc1. The average Bonchev–Trinajstić information content (AvgIpc) is 3.13. The molecule has 0 bridgehead atoms. The van der Waals surface area contributed by atoms with Crippen LogP contribution in [0.1, 0.15) is 18.1 Å². The lowest BCUT2D eigenvalue weighted by molar-refractivity contribution is -0.127. The Morgan fingerprint density at radius 1 is 1.05 bits per heavy atom. The molecule has 11 heteroatoms. The molecule has 1 saturated heterocycles. The zero-order valence-electron chi connectivity index (χ0n) is 20.0. The molecule has 0 atom stereocenters. The number of anilines is 1. The number of amides is 3. The summed E-state index contributed by atoms with van der Waals surface area (Å²) in [7, 11) is 0. The van der Waals surface area contributed by atoms with Gasteiger partial charge in [-0.15, -0.1) is 0 Å². The fourth-order valence-electron chi connectivity index (χ4n) is 3.50. The number of hydrogen-bond acceptors (Lipinski definition) is 6. The number of halogens is 3. The van der Waals surface area contributed by atoms with Crippen LogP contribution < -0.4 is 14.8 Å². The predicted molar refractivity (Wildman–Crippen MR) is 154 cm³/mol. The summed E-state index contributed by atoms with van der Waals surface area (Å²) in [6.07, 6.45) is 1.55. The van der Waals surface area contributed by atoms with Crippen molar-refractivity contribution in [1.29, 1.82) is 0 Å². The van der Waals surface area contributed by atoms with Crippen LogP contribution in [0.3, 0.4) is 0 Å². The molecule has 0 saturated carbocycles. The van der Waals surface area contributed by atoms with Crippen LogP contribution >= 0.6 is 50.9 Å². The molecule has 3 aromatic rings. The van der Waals surface area contributed by atoms with E-state index in [1.165, 1.54) is 0 Å². The number of imide groups is 1. The van der Waals surface area contributed by atoms with E-state index in [9.17, 15) is 14.4 Å². The lowest BCUT2D eigenvalue weighted by Crippen LogP contribution is -2.36. The molecule has 3 amide bonds. The van der Waals surface area contributed by atoms with Crippen LogP contribution in [-0.4, -0.2) is 35.1 Å². The highest BCUT2D eigenvalue weighted by Crippen LogP contribution is 2.38. The molecule has 0 aromatic heterocycles. The minimum atomic E-state index is -0.562. The van der Waals surface area contributed by atoms with Crippen molar-refractivity contribution in [2.24, 2.45) is 0 Å². The topological polar surface area (TPSA) is 84.9 Å². The molecule has 1 aliphatic rings. The van der Waals surface area contributed by atoms with Gasteiger partial charge in [-0.25, -0.2) is 0 Å². The quantitative estimate of drug-likeness (QED) is 0.247. The van der Waals surface area contributed by atoms with Crippen LogP contribution in [0, 0.1) is 0 Å². The Balaban J connectivity index is 1.41. The van der Waals surface area contributed by atoms with Gasteiger partial charge >= 0.3 is 0 Å². The smallest absolute Gasteiger partial charge is 0.294 e. The molecule has 7 nitrogen and oxygen atoms in total. The zero-order chi connectivity index (χ0) is 27.2. The summed E-state index contributed by atoms with van der Waals surface area (Å²) < 4.78 is 11.8. The second-order valence-electron chi connectivity index (χ2n) is 7.97. The summed E-state index contributed by atoms with van der Waals surface area (Å²) in [5, 5.41) is 3.04. The molecule has 196 valence electrons. The third-order valence-electron chi connectivity index (χ3n) is 5.27. The highest BCUT2D eigenvalue weighted by atomic mass is 79.9. The maximum atomic E-state index is 12.9. The number of carbonyl (C=O) groups is 3. The summed E-state index contributed by atoms with van der Waals surface area (Å²) in [6.45, 7) is 2.22. The van der Waals surface area contributed by atoms with E-state index in [4.69, 9.17) is 32.7 Å². The Kier molecular flexibility index (Phi) is 9.38. The molecule has 0 spiro atoms. The molecule has 1 N–H and O–H groups in total. The van der Waals surface area contributed by atoms with Crippen LogP contribution in [0.4, 0.5) is 10.5 Å². The number of nitrogens with one attached hydrogen (secondary N) is 1. The largest absolute Gasteiger partial charge is 0.494 e. The number of carbonyl (C=O) groups excluding carboxylic acids is 3. The summed E-state index contributed by atoms with van der Waals surface area (Å²) in [6, 6.07) is 17.5. The number of hydrogen-bond donors (Lipinski definition) is 1. The van der Waals surface area contributed by atoms with Gasteiger partial charge < -0.3 is 14.8 Å². The van der Waals surface area contributed by atoms with E-state index in [0.717, 1.165) is 22.2 Å². The van der Waals surface area contributed by atoms with E-state index in [-0.39, 0.29) is 11.5 Å². The van der Waals surface area contributed by atoms with Gasteiger partial charge in [0.25, 0.3) is 11.1 Å². The van der Waals surface area contributed by atoms with E-state index in [0.29, 0.717) is 43.9 Å². The summed E-state index contributed by atoms with van der Waals surface area (Å²) in [5.74, 6) is 0.0351. The summed E-state index contributed by atoms with van der Waals surface area (Å²) in [5.41, 5.74) is 1.91. The van der Waals surface area contributed by atoms with Crippen molar-refractivity contribution in [3.05, 3.63) is 91.2 Å². The average molecular weight is 636 g/mol. The van der Waals surface area contributed by atoms with Crippen molar-refractivity contribution in [2.45, 2.75) is 13.5 Å². The van der Waals surface area contributed by atoms with Crippen LogP contribution in [0.5, 0.6) is 11.5 Å². The van der Waals surface area contributed by atoms with Gasteiger partial charge in [0.05, 0.1) is 21.0 Å². The van der Waals surface area contributed by atoms with E-state index >= 15 is 0 Å². The number of thioether (sulfide) groups is 1. The van der Waals surface area contributed by atoms with Crippen LogP contribution in [0.15, 0.2) is 70.0 Å². The minimum Gasteiger partial charge on any atom is -0.494 e. The third kappa shape index (κ3) is 6.91. The van der Waals surface area contributed by atoms with Gasteiger partial charge in [0.1, 0.15) is 18.9 Å². The Bertz CT molecular complexity index is 1390. The van der Waals surface area contributed by atoms with Gasteiger partial charge in [0.15, 0.2) is 5.75 Å². The van der Waals surface area contributed by atoms with Gasteiger partial charge in [-0.2, -0.15) is 0 Å². The first-order valence-corrected chi connectivity index (χ1v) is 13.7. The Hall–Kier alpha value is -2.98. The Morgan fingerprint density at radius 2 is 1.79 bits per heavy atom. The van der Waals surface area contributed by atoms with Gasteiger partial charge in [-0.3, -0.25) is 19.3 Å². The zero-order valence-corrected chi connectivity index (χ0v) is 23.9. The molecular formula is C27H21BrCl2N2O5S. The monoisotopic (exact) mass is 634 g/mol. The first-order chi connectivity index (χ1) is 18.2. The third-order valence-corrected chi connectivity index (χ3v) is 7.42. The van der Waals surface area contributed by atoms with E-state index in [1.807, 2.05) is 25.1 Å². The van der Waals surface area contributed by atoms with Crippen LogP contribution in [0.25, 0.3) is 6.08 Å². The highest BCUT2D eigenvalue weighted by Gasteiger charge is 2.36. The fourth-order valence-corrected chi connectivity index (χ4v) is 5.52. The van der Waals surface area contributed by atoms with Crippen molar-refractivity contribution in [3.63, 3.8) is 0 Å². The van der Waals surface area contributed by atoms with E-state index in [2.05, 4.69) is 21.2 Å². The molecule has 1 heterocycles. The standard InChI is InChI=1S/C27H21BrCl2N2O5S/c1-2-36-19-9-7-18(8-10-19)31-24(33)14-32-26(34)23(38-27(32)35)13-16-11-20(28)25(22(30)12-16)37-15-17-5-3-4-6-21(17)29/h3-13H,2,14-15H2,1H3,(H,31,33)/b23-13+. The van der Waals surface area contributed by atoms with Crippen LogP contribution in [0.2, 0.25) is 10.0 Å². The van der Waals surface area contributed by atoms with Crippen molar-refractivity contribution >= 4 is 79.7 Å². The highest BCUT2D eigenvalue weighted by molar-refractivity contribution is 9.10. The molecule has 0 aliphatic carbocycles. The lowest BCUT2D eigenvalue weighted by Gasteiger charge is -2.13. The second-order valence-corrected chi connectivity index (χ2v) is 10.6. The molecule has 3 aromatic carbocycles. The molecule has 1 aliphatic heterocycles. The van der Waals surface area contributed by atoms with Gasteiger partial charge in [-0.05, 0) is 88.7 Å². The molecule has 0 radical (unpaired) electrons. The number of ether oxygens (including phenoxy) is 2. The van der Waals surface area contributed by atoms with Gasteiger partial charge in [-0.1, -0.05) is 41.4 Å². The van der Waals surface area contributed by atoms with E-state index < -0.39 is 23.6 Å². The minimum absolute atomic E-state index is 0.177. The number of rotatable bonds is 9. The Morgan fingerprint density at radius 3 is 2.47 bits per heavy atom. The van der Waals surface area contributed by atoms with Crippen molar-refractivity contribution in [1.82, 2.24) is 4.90 Å². The van der Waals surface area contributed by atoms with Crippen molar-refractivity contribution in [3.8, 4) is 11.5 Å². The Labute approximate surface area is 242 Å². The van der Waals surface area contributed by atoms with E-state index in [1.54, 1.807) is 48.5 Å². The fraction of sp³-hybridized carbons (Fsp3) is 0.148. The molecule has 1 fully saturated rings. The van der Waals surface area contributed by atoms with Crippen molar-refractivity contribution in [2.75, 3.05) is 18.5 Å². The normalized spacial score (nSPS) is 14.2. The second kappa shape index (κ2) is 12.7. The molecular weight excluding hydrogens is 615 g/mol. The maximum absolute atomic E-state index is 12.9. The van der Waals surface area contributed by atoms with Gasteiger partial charge in [0, 0.05) is 16.3 Å². The molecule has 38 heavy (non-hydrogen) atoms.